The Morgan fingerprint density at radius 1 is 1.28 bits per heavy atom. The number of nitrogens with zero attached hydrogens (tertiary/aromatic N) is 2. The first-order chi connectivity index (χ1) is 12.2. The van der Waals surface area contributed by atoms with Crippen molar-refractivity contribution >= 4 is 33.7 Å². The van der Waals surface area contributed by atoms with Crippen LogP contribution in [-0.4, -0.2) is 42.2 Å². The van der Waals surface area contributed by atoms with Crippen LogP contribution in [0.25, 0.3) is 0 Å². The molecule has 0 fully saturated rings. The molecule has 1 aromatic carbocycles. The van der Waals surface area contributed by atoms with Crippen LogP contribution >= 0.6 is 27.7 Å². The minimum Gasteiger partial charge on any atom is -0.493 e. The van der Waals surface area contributed by atoms with Gasteiger partial charge in [0.05, 0.1) is 6.61 Å². The van der Waals surface area contributed by atoms with E-state index in [-0.39, 0.29) is 0 Å². The van der Waals surface area contributed by atoms with Gasteiger partial charge in [-0.15, -0.1) is 0 Å². The molecule has 25 heavy (non-hydrogen) atoms. The molecule has 7 heteroatoms. The summed E-state index contributed by atoms with van der Waals surface area (Å²) in [6.07, 6.45) is 4.14. The number of hydrogen-bond donors (Lipinski definition) is 2. The predicted octanol–water partition coefficient (Wildman–Crippen LogP) is 3.26. The number of aromatic nitrogens is 1. The highest BCUT2D eigenvalue weighted by Crippen LogP contribution is 2.17. The maximum atomic E-state index is 5.72. The lowest BCUT2D eigenvalue weighted by molar-refractivity contribution is 0.344. The Hall–Kier alpha value is -1.60. The van der Waals surface area contributed by atoms with E-state index in [1.54, 1.807) is 7.05 Å². The van der Waals surface area contributed by atoms with Crippen molar-refractivity contribution in [3.05, 3.63) is 52.8 Å². The maximum absolute atomic E-state index is 5.72. The second-order valence-electron chi connectivity index (χ2n) is 5.46. The zero-order chi connectivity index (χ0) is 17.9. The lowest BCUT2D eigenvalue weighted by Crippen LogP contribution is -2.37. The molecule has 0 radical (unpaired) electrons. The fraction of sp³-hybridized carbons (Fsp3) is 0.389. The smallest absolute Gasteiger partial charge is 0.191 e. The van der Waals surface area contributed by atoms with E-state index in [1.165, 1.54) is 5.56 Å². The second-order valence-corrected chi connectivity index (χ2v) is 7.60. The Bertz CT molecular complexity index is 675. The minimum absolute atomic E-state index is 0.710. The van der Waals surface area contributed by atoms with Crippen molar-refractivity contribution in [3.8, 4) is 5.75 Å². The number of guanidine groups is 1. The summed E-state index contributed by atoms with van der Waals surface area (Å²) in [6, 6.07) is 10.0. The third kappa shape index (κ3) is 7.88. The molecule has 0 amide bonds. The summed E-state index contributed by atoms with van der Waals surface area (Å²) in [6.45, 7) is 2.35. The van der Waals surface area contributed by atoms with Crippen LogP contribution in [0.2, 0.25) is 0 Å². The molecule has 2 rings (SSSR count). The van der Waals surface area contributed by atoms with Crippen LogP contribution in [0.4, 0.5) is 0 Å². The lowest BCUT2D eigenvalue weighted by Gasteiger charge is -2.11. The van der Waals surface area contributed by atoms with Crippen LogP contribution in [0.3, 0.4) is 0 Å². The highest BCUT2D eigenvalue weighted by Gasteiger charge is 1.99. The molecule has 0 aliphatic rings. The minimum atomic E-state index is 0.710. The van der Waals surface area contributed by atoms with Gasteiger partial charge in [0.25, 0.3) is 0 Å². The zero-order valence-electron chi connectivity index (χ0n) is 14.7. The molecule has 0 unspecified atom stereocenters. The van der Waals surface area contributed by atoms with Crippen LogP contribution in [0.5, 0.6) is 5.75 Å². The van der Waals surface area contributed by atoms with Crippen LogP contribution in [0, 0.1) is 0 Å². The first kappa shape index (κ1) is 19.7. The summed E-state index contributed by atoms with van der Waals surface area (Å²) in [5.41, 5.74) is 1.24. The average molecular weight is 425 g/mol. The molecular formula is C18H25BrN4OS. The van der Waals surface area contributed by atoms with E-state index in [9.17, 15) is 0 Å². The van der Waals surface area contributed by atoms with Gasteiger partial charge in [0.2, 0.25) is 0 Å². The van der Waals surface area contributed by atoms with E-state index >= 15 is 0 Å². The second kappa shape index (κ2) is 11.1. The molecule has 5 nitrogen and oxygen atoms in total. The van der Waals surface area contributed by atoms with Crippen molar-refractivity contribution in [1.29, 1.82) is 0 Å². The van der Waals surface area contributed by atoms with E-state index < -0.39 is 0 Å². The Labute approximate surface area is 162 Å². The van der Waals surface area contributed by atoms with Crippen molar-refractivity contribution in [2.75, 3.05) is 31.7 Å². The first-order valence-corrected chi connectivity index (χ1v) is 10.1. The van der Waals surface area contributed by atoms with Crippen LogP contribution in [-0.2, 0) is 13.6 Å². The molecule has 0 bridgehead atoms. The Morgan fingerprint density at radius 3 is 2.88 bits per heavy atom. The van der Waals surface area contributed by atoms with E-state index in [4.69, 9.17) is 4.74 Å². The number of halogens is 1. The highest BCUT2D eigenvalue weighted by atomic mass is 79.9. The van der Waals surface area contributed by atoms with Crippen molar-refractivity contribution in [3.63, 3.8) is 0 Å². The van der Waals surface area contributed by atoms with Crippen molar-refractivity contribution < 1.29 is 4.74 Å². The topological polar surface area (TPSA) is 50.6 Å². The monoisotopic (exact) mass is 424 g/mol. The summed E-state index contributed by atoms with van der Waals surface area (Å²) < 4.78 is 8.80. The van der Waals surface area contributed by atoms with Crippen LogP contribution in [0.15, 0.2) is 52.2 Å². The summed E-state index contributed by atoms with van der Waals surface area (Å²) >= 11 is 5.30. The zero-order valence-corrected chi connectivity index (χ0v) is 17.1. The third-order valence-electron chi connectivity index (χ3n) is 3.41. The molecule has 0 aliphatic heterocycles. The number of nitrogens with one attached hydrogen (secondary N) is 2. The summed E-state index contributed by atoms with van der Waals surface area (Å²) in [4.78, 5) is 4.24. The molecule has 2 aromatic rings. The number of aliphatic imine (C=N–C) groups is 1. The van der Waals surface area contributed by atoms with Crippen molar-refractivity contribution in [2.24, 2.45) is 12.0 Å². The molecule has 0 saturated heterocycles. The molecule has 0 spiro atoms. The number of aryl methyl sites for hydroxylation is 1. The summed E-state index contributed by atoms with van der Waals surface area (Å²) in [5.74, 6) is 3.70. The largest absolute Gasteiger partial charge is 0.493 e. The van der Waals surface area contributed by atoms with Gasteiger partial charge in [-0.3, -0.25) is 4.99 Å². The van der Waals surface area contributed by atoms with Crippen LogP contribution < -0.4 is 15.4 Å². The third-order valence-corrected chi connectivity index (χ3v) is 4.85. The Kier molecular flexibility index (Phi) is 8.76. The Balaban J connectivity index is 1.52. The fourth-order valence-corrected chi connectivity index (χ4v) is 3.22. The predicted molar refractivity (Wildman–Crippen MR) is 111 cm³/mol. The molecule has 1 heterocycles. The number of benzene rings is 1. The van der Waals surface area contributed by atoms with Crippen LogP contribution in [0.1, 0.15) is 5.56 Å². The van der Waals surface area contributed by atoms with Gasteiger partial charge in [0.1, 0.15) is 5.75 Å². The maximum Gasteiger partial charge on any atom is 0.191 e. The van der Waals surface area contributed by atoms with E-state index in [1.807, 2.05) is 53.8 Å². The summed E-state index contributed by atoms with van der Waals surface area (Å²) in [5, 5.41) is 6.64. The van der Waals surface area contributed by atoms with Crippen molar-refractivity contribution in [2.45, 2.75) is 6.54 Å². The number of rotatable bonds is 9. The number of ether oxygens (including phenoxy) is 1. The first-order valence-electron chi connectivity index (χ1n) is 8.19. The summed E-state index contributed by atoms with van der Waals surface area (Å²) in [7, 11) is 3.81. The SMILES string of the molecule is CN=C(NCCSCCOc1cccc(Br)c1)NCc1ccn(C)c1. The average Bonchev–Trinajstić information content (AvgIpc) is 3.02. The van der Waals surface area contributed by atoms with E-state index in [2.05, 4.69) is 43.8 Å². The van der Waals surface area contributed by atoms with E-state index in [0.29, 0.717) is 6.61 Å². The molecule has 2 N–H and O–H groups in total. The van der Waals surface area contributed by atoms with Gasteiger partial charge in [0.15, 0.2) is 5.96 Å². The van der Waals surface area contributed by atoms with Gasteiger partial charge in [-0.25, -0.2) is 0 Å². The fourth-order valence-electron chi connectivity index (χ4n) is 2.19. The lowest BCUT2D eigenvalue weighted by atomic mass is 10.3. The molecule has 136 valence electrons. The molecule has 0 atom stereocenters. The van der Waals surface area contributed by atoms with Gasteiger partial charge >= 0.3 is 0 Å². The van der Waals surface area contributed by atoms with Gasteiger partial charge < -0.3 is 19.9 Å². The number of thioether (sulfide) groups is 1. The highest BCUT2D eigenvalue weighted by molar-refractivity contribution is 9.10. The Morgan fingerprint density at radius 2 is 2.16 bits per heavy atom. The molecule has 1 aromatic heterocycles. The van der Waals surface area contributed by atoms with Gasteiger partial charge in [-0.05, 0) is 29.8 Å². The molecule has 0 aliphatic carbocycles. The van der Waals surface area contributed by atoms with Gasteiger partial charge in [-0.2, -0.15) is 11.8 Å². The van der Waals surface area contributed by atoms with Gasteiger partial charge in [-0.1, -0.05) is 22.0 Å². The van der Waals surface area contributed by atoms with Gasteiger partial charge in [0, 0.05) is 55.6 Å². The molecular weight excluding hydrogens is 400 g/mol. The quantitative estimate of drug-likeness (QED) is 0.368. The molecule has 0 saturated carbocycles. The van der Waals surface area contributed by atoms with Crippen molar-refractivity contribution in [1.82, 2.24) is 15.2 Å². The standard InChI is InChI=1S/C18H25BrN4OS/c1-20-18(22-13-15-6-8-23(2)14-15)21-7-10-25-11-9-24-17-5-3-4-16(19)12-17/h3-6,8,12,14H,7,9-11,13H2,1-2H3,(H2,20,21,22). The number of hydrogen-bond acceptors (Lipinski definition) is 3. The van der Waals surface area contributed by atoms with E-state index in [0.717, 1.165) is 40.8 Å². The normalized spacial score (nSPS) is 11.4.